The van der Waals surface area contributed by atoms with Crippen molar-refractivity contribution in [3.05, 3.63) is 30.0 Å². The molecule has 2 heteroatoms. The molecule has 1 aromatic carbocycles. The van der Waals surface area contributed by atoms with E-state index in [0.29, 0.717) is 6.61 Å². The van der Waals surface area contributed by atoms with Crippen LogP contribution in [0.3, 0.4) is 0 Å². The molecule has 0 fully saturated rings. The van der Waals surface area contributed by atoms with Crippen LogP contribution in [0.15, 0.2) is 29.2 Å². The number of hydrogen-bond donors (Lipinski definition) is 0. The minimum Gasteiger partial charge on any atom is -0.491 e. The summed E-state index contributed by atoms with van der Waals surface area (Å²) >= 11 is 1.61. The Balaban J connectivity index is 2.41. The third-order valence-corrected chi connectivity index (χ3v) is 2.14. The largest absolute Gasteiger partial charge is 0.491 e. The summed E-state index contributed by atoms with van der Waals surface area (Å²) in [6.07, 6.45) is 0. The van der Waals surface area contributed by atoms with Gasteiger partial charge in [0, 0.05) is 0 Å². The highest BCUT2D eigenvalue weighted by molar-refractivity contribution is 8.01. The number of hydrogen-bond acceptors (Lipinski definition) is 2. The van der Waals surface area contributed by atoms with Crippen LogP contribution in [0.1, 0.15) is 0 Å². The van der Waals surface area contributed by atoms with Crippen molar-refractivity contribution in [1.82, 2.24) is 0 Å². The molecule has 0 saturated heterocycles. The zero-order valence-electron chi connectivity index (χ0n) is 5.33. The first-order chi connectivity index (χ1) is 4.97. The molecular weight excluding hydrogens is 144 g/mol. The van der Waals surface area contributed by atoms with Gasteiger partial charge in [-0.05, 0) is 12.1 Å². The van der Waals surface area contributed by atoms with Crippen LogP contribution in [0.4, 0.5) is 0 Å². The second kappa shape index (κ2) is 2.54. The van der Waals surface area contributed by atoms with Crippen molar-refractivity contribution in [3.63, 3.8) is 0 Å². The van der Waals surface area contributed by atoms with E-state index in [1.165, 1.54) is 0 Å². The molecule has 0 aromatic heterocycles. The lowest BCUT2D eigenvalue weighted by atomic mass is 10.3. The van der Waals surface area contributed by atoms with Crippen LogP contribution < -0.4 is 4.74 Å². The molecule has 0 saturated carbocycles. The van der Waals surface area contributed by atoms with E-state index in [-0.39, 0.29) is 0 Å². The highest BCUT2D eigenvalue weighted by Gasteiger charge is 2.08. The monoisotopic (exact) mass is 150 g/mol. The minimum absolute atomic E-state index is 0.599. The summed E-state index contributed by atoms with van der Waals surface area (Å²) in [4.78, 5) is 1.16. The predicted molar refractivity (Wildman–Crippen MR) is 41.0 cm³/mol. The van der Waals surface area contributed by atoms with Gasteiger partial charge in [-0.1, -0.05) is 12.1 Å². The summed E-state index contributed by atoms with van der Waals surface area (Å²) in [6.45, 7) is 0.599. The molecule has 0 unspecified atom stereocenters. The fraction of sp³-hybridized carbons (Fsp3) is 0.125. The number of rotatable bonds is 0. The molecule has 1 aliphatic heterocycles. The van der Waals surface area contributed by atoms with Crippen LogP contribution in [-0.2, 0) is 0 Å². The normalized spacial score (nSPS) is 15.6. The third-order valence-electron chi connectivity index (χ3n) is 1.32. The van der Waals surface area contributed by atoms with Gasteiger partial charge in [-0.25, -0.2) is 0 Å². The van der Waals surface area contributed by atoms with Gasteiger partial charge in [-0.15, -0.1) is 11.8 Å². The molecule has 0 N–H and O–H groups in total. The molecule has 2 rings (SSSR count). The number of fused-ring (bicyclic) bond motifs is 1. The number of para-hydroxylation sites is 1. The van der Waals surface area contributed by atoms with Gasteiger partial charge in [0.2, 0.25) is 0 Å². The summed E-state index contributed by atoms with van der Waals surface area (Å²) in [6, 6.07) is 7.99. The van der Waals surface area contributed by atoms with E-state index < -0.39 is 0 Å². The van der Waals surface area contributed by atoms with Gasteiger partial charge in [0.05, 0.1) is 10.6 Å². The topological polar surface area (TPSA) is 9.23 Å². The second-order valence-electron chi connectivity index (χ2n) is 1.98. The van der Waals surface area contributed by atoms with Gasteiger partial charge in [0.15, 0.2) is 0 Å². The molecule has 1 nitrogen and oxygen atoms in total. The lowest BCUT2D eigenvalue weighted by Gasteiger charge is -2.14. The first-order valence-corrected chi connectivity index (χ1v) is 3.90. The Morgan fingerprint density at radius 2 is 2.30 bits per heavy atom. The lowest BCUT2D eigenvalue weighted by Crippen LogP contribution is -2.01. The van der Waals surface area contributed by atoms with Crippen molar-refractivity contribution in [2.75, 3.05) is 6.61 Å². The summed E-state index contributed by atoms with van der Waals surface area (Å²) in [7, 11) is 0. The maximum atomic E-state index is 5.29. The van der Waals surface area contributed by atoms with E-state index in [1.807, 2.05) is 24.3 Å². The van der Waals surface area contributed by atoms with E-state index in [4.69, 9.17) is 4.74 Å². The summed E-state index contributed by atoms with van der Waals surface area (Å²) in [5.41, 5.74) is 0. The molecule has 0 aliphatic carbocycles. The molecule has 10 heavy (non-hydrogen) atoms. The van der Waals surface area contributed by atoms with Gasteiger partial charge in [-0.3, -0.25) is 0 Å². The Labute approximate surface area is 64.4 Å². The third kappa shape index (κ3) is 0.991. The first-order valence-electron chi connectivity index (χ1n) is 3.08. The van der Waals surface area contributed by atoms with Crippen LogP contribution in [0.5, 0.6) is 5.75 Å². The molecule has 50 valence electrons. The Bertz CT molecular complexity index is 209. The van der Waals surface area contributed by atoms with Crippen molar-refractivity contribution < 1.29 is 4.74 Å². The molecule has 1 aliphatic rings. The Morgan fingerprint density at radius 1 is 1.40 bits per heavy atom. The summed E-state index contributed by atoms with van der Waals surface area (Å²) < 4.78 is 5.29. The van der Waals surface area contributed by atoms with Crippen LogP contribution in [0.25, 0.3) is 0 Å². The standard InChI is InChI=1S/C8H6OS/c1-2-4-8-7(3-1)9-5-6-10-8/h1-4H,5H2. The van der Waals surface area contributed by atoms with E-state index in [9.17, 15) is 0 Å². The highest BCUT2D eigenvalue weighted by Crippen LogP contribution is 2.34. The minimum atomic E-state index is 0.599. The molecular formula is C8H6OS. The zero-order valence-corrected chi connectivity index (χ0v) is 6.15. The van der Waals surface area contributed by atoms with Crippen molar-refractivity contribution in [2.24, 2.45) is 0 Å². The highest BCUT2D eigenvalue weighted by atomic mass is 32.2. The quantitative estimate of drug-likeness (QED) is 0.560. The van der Waals surface area contributed by atoms with E-state index in [0.717, 1.165) is 10.6 Å². The van der Waals surface area contributed by atoms with Crippen LogP contribution in [0.2, 0.25) is 0 Å². The summed E-state index contributed by atoms with van der Waals surface area (Å²) in [5, 5.41) is 0. The van der Waals surface area contributed by atoms with Crippen molar-refractivity contribution >= 4 is 11.8 Å². The fourth-order valence-electron chi connectivity index (χ4n) is 0.868. The van der Waals surface area contributed by atoms with Crippen molar-refractivity contribution in [1.29, 1.82) is 0 Å². The van der Waals surface area contributed by atoms with Gasteiger partial charge in [-0.2, -0.15) is 0 Å². The van der Waals surface area contributed by atoms with Gasteiger partial charge >= 0.3 is 0 Å². The molecule has 0 amide bonds. The number of benzene rings is 1. The maximum Gasteiger partial charge on any atom is 0.132 e. The van der Waals surface area contributed by atoms with Gasteiger partial charge < -0.3 is 4.74 Å². The average molecular weight is 150 g/mol. The zero-order chi connectivity index (χ0) is 6.81. The van der Waals surface area contributed by atoms with Crippen LogP contribution >= 0.6 is 11.8 Å². The van der Waals surface area contributed by atoms with Crippen LogP contribution in [-0.4, -0.2) is 6.61 Å². The van der Waals surface area contributed by atoms with E-state index >= 15 is 0 Å². The number of ether oxygens (including phenoxy) is 1. The lowest BCUT2D eigenvalue weighted by molar-refractivity contribution is 0.344. The SMILES string of the molecule is [C]1COc2ccccc2S1. The van der Waals surface area contributed by atoms with Crippen molar-refractivity contribution in [3.8, 4) is 5.75 Å². The Kier molecular flexibility index (Phi) is 1.55. The first kappa shape index (κ1) is 6.10. The number of thioether (sulfide) groups is 1. The van der Waals surface area contributed by atoms with Gasteiger partial charge in [0.1, 0.15) is 12.4 Å². The molecule has 1 heterocycles. The molecule has 0 bridgehead atoms. The van der Waals surface area contributed by atoms with Gasteiger partial charge in [0.25, 0.3) is 0 Å². The smallest absolute Gasteiger partial charge is 0.132 e. The Hall–Kier alpha value is -0.630. The summed E-state index contributed by atoms with van der Waals surface area (Å²) in [5.74, 6) is 4.01. The van der Waals surface area contributed by atoms with E-state index in [2.05, 4.69) is 5.75 Å². The van der Waals surface area contributed by atoms with Crippen LogP contribution in [0, 0.1) is 5.75 Å². The molecule has 0 atom stereocenters. The second-order valence-corrected chi connectivity index (χ2v) is 2.91. The fourth-order valence-corrected chi connectivity index (χ4v) is 1.52. The Morgan fingerprint density at radius 3 is 3.20 bits per heavy atom. The molecule has 1 aromatic rings. The van der Waals surface area contributed by atoms with Crippen molar-refractivity contribution in [2.45, 2.75) is 4.90 Å². The molecule has 2 radical (unpaired) electrons. The predicted octanol–water partition coefficient (Wildman–Crippen LogP) is 2.21. The average Bonchev–Trinajstić information content (AvgIpc) is 2.05. The molecule has 0 spiro atoms. The maximum absolute atomic E-state index is 5.29. The van der Waals surface area contributed by atoms with E-state index in [1.54, 1.807) is 11.8 Å².